The number of carbonyl (C=O) groups excluding carboxylic acids is 1. The fourth-order valence-electron chi connectivity index (χ4n) is 1.70. The molecule has 6 heteroatoms. The van der Waals surface area contributed by atoms with E-state index in [4.69, 9.17) is 0 Å². The van der Waals surface area contributed by atoms with Crippen molar-refractivity contribution >= 4 is 17.3 Å². The maximum absolute atomic E-state index is 13.5. The van der Waals surface area contributed by atoms with Gasteiger partial charge in [0.05, 0.1) is 4.92 Å². The van der Waals surface area contributed by atoms with Crippen LogP contribution in [-0.2, 0) is 0 Å². The van der Waals surface area contributed by atoms with Gasteiger partial charge in [-0.3, -0.25) is 14.9 Å². The number of carbonyl (C=O) groups is 1. The van der Waals surface area contributed by atoms with Crippen molar-refractivity contribution in [3.63, 3.8) is 0 Å². The average Bonchev–Trinajstić information content (AvgIpc) is 2.43. The Morgan fingerprint density at radius 1 is 1.25 bits per heavy atom. The molecule has 102 valence electrons. The predicted octanol–water partition coefficient (Wildman–Crippen LogP) is 3.29. The highest BCUT2D eigenvalue weighted by molar-refractivity contribution is 6.05. The van der Waals surface area contributed by atoms with E-state index in [1.807, 2.05) is 0 Å². The van der Waals surface area contributed by atoms with Gasteiger partial charge in [-0.1, -0.05) is 18.2 Å². The Morgan fingerprint density at radius 3 is 2.50 bits per heavy atom. The normalized spacial score (nSPS) is 10.1. The Labute approximate surface area is 114 Å². The summed E-state index contributed by atoms with van der Waals surface area (Å²) >= 11 is 0. The summed E-state index contributed by atoms with van der Waals surface area (Å²) in [6, 6.07) is 10.2. The second-order valence-electron chi connectivity index (χ2n) is 4.20. The van der Waals surface area contributed by atoms with Gasteiger partial charge in [0, 0.05) is 17.7 Å². The van der Waals surface area contributed by atoms with Crippen LogP contribution in [0.4, 0.5) is 15.8 Å². The molecule has 0 fully saturated rings. The number of nitro groups is 1. The zero-order chi connectivity index (χ0) is 14.7. The fraction of sp³-hybridized carbons (Fsp3) is 0.0714. The van der Waals surface area contributed by atoms with Crippen molar-refractivity contribution in [2.24, 2.45) is 0 Å². The molecule has 0 saturated carbocycles. The molecule has 5 nitrogen and oxygen atoms in total. The summed E-state index contributed by atoms with van der Waals surface area (Å²) in [5, 5.41) is 13.3. The molecule has 0 spiro atoms. The standard InChI is InChI=1S/C14H11FN2O3/c1-9-7-13(17(19)20)12(8-11(9)15)16-14(18)10-5-3-2-4-6-10/h2-8H,1H3,(H,16,18). The Balaban J connectivity index is 2.36. The molecular formula is C14H11FN2O3. The number of hydrogen-bond acceptors (Lipinski definition) is 3. The number of nitro benzene ring substituents is 1. The van der Waals surface area contributed by atoms with Gasteiger partial charge in [-0.15, -0.1) is 0 Å². The molecule has 1 amide bonds. The minimum atomic E-state index is -0.660. The first-order chi connectivity index (χ1) is 9.49. The molecular weight excluding hydrogens is 263 g/mol. The van der Waals surface area contributed by atoms with E-state index < -0.39 is 16.6 Å². The average molecular weight is 274 g/mol. The third kappa shape index (κ3) is 2.80. The van der Waals surface area contributed by atoms with Crippen molar-refractivity contribution in [2.45, 2.75) is 6.92 Å². The Bertz CT molecular complexity index is 672. The van der Waals surface area contributed by atoms with Crippen molar-refractivity contribution < 1.29 is 14.1 Å². The third-order valence-electron chi connectivity index (χ3n) is 2.76. The van der Waals surface area contributed by atoms with Gasteiger partial charge < -0.3 is 5.32 Å². The first-order valence-corrected chi connectivity index (χ1v) is 5.80. The molecule has 0 unspecified atom stereocenters. The lowest BCUT2D eigenvalue weighted by molar-refractivity contribution is -0.384. The van der Waals surface area contributed by atoms with Crippen LogP contribution in [0.5, 0.6) is 0 Å². The zero-order valence-electron chi connectivity index (χ0n) is 10.6. The minimum absolute atomic E-state index is 0.148. The lowest BCUT2D eigenvalue weighted by Crippen LogP contribution is -2.13. The molecule has 0 aromatic heterocycles. The van der Waals surface area contributed by atoms with E-state index >= 15 is 0 Å². The van der Waals surface area contributed by atoms with Gasteiger partial charge in [0.2, 0.25) is 0 Å². The smallest absolute Gasteiger partial charge is 0.293 e. The van der Waals surface area contributed by atoms with E-state index in [-0.39, 0.29) is 16.9 Å². The number of amides is 1. The van der Waals surface area contributed by atoms with Gasteiger partial charge in [-0.05, 0) is 24.6 Å². The second kappa shape index (κ2) is 5.48. The van der Waals surface area contributed by atoms with Gasteiger partial charge in [-0.25, -0.2) is 4.39 Å². The minimum Gasteiger partial charge on any atom is -0.316 e. The highest BCUT2D eigenvalue weighted by Gasteiger charge is 2.19. The molecule has 0 aliphatic rings. The van der Waals surface area contributed by atoms with Gasteiger partial charge in [0.1, 0.15) is 11.5 Å². The molecule has 20 heavy (non-hydrogen) atoms. The van der Waals surface area contributed by atoms with Crippen LogP contribution in [0, 0.1) is 22.9 Å². The summed E-state index contributed by atoms with van der Waals surface area (Å²) in [5.74, 6) is -1.14. The summed E-state index contributed by atoms with van der Waals surface area (Å²) in [7, 11) is 0. The van der Waals surface area contributed by atoms with E-state index in [0.29, 0.717) is 5.56 Å². The molecule has 0 radical (unpaired) electrons. The van der Waals surface area contributed by atoms with E-state index in [2.05, 4.69) is 5.32 Å². The Morgan fingerprint density at radius 2 is 1.90 bits per heavy atom. The monoisotopic (exact) mass is 274 g/mol. The SMILES string of the molecule is Cc1cc([N+](=O)[O-])c(NC(=O)c2ccccc2)cc1F. The number of rotatable bonds is 3. The Hall–Kier alpha value is -2.76. The number of nitrogens with one attached hydrogen (secondary N) is 1. The van der Waals surface area contributed by atoms with Crippen molar-refractivity contribution in [3.8, 4) is 0 Å². The number of halogens is 1. The van der Waals surface area contributed by atoms with E-state index in [9.17, 15) is 19.3 Å². The van der Waals surface area contributed by atoms with Gasteiger partial charge in [0.15, 0.2) is 0 Å². The lowest BCUT2D eigenvalue weighted by atomic mass is 10.1. The van der Waals surface area contributed by atoms with E-state index in [0.717, 1.165) is 12.1 Å². The lowest BCUT2D eigenvalue weighted by Gasteiger charge is -2.07. The first-order valence-electron chi connectivity index (χ1n) is 5.80. The van der Waals surface area contributed by atoms with Gasteiger partial charge in [-0.2, -0.15) is 0 Å². The quantitative estimate of drug-likeness (QED) is 0.689. The van der Waals surface area contributed by atoms with Crippen LogP contribution in [0.15, 0.2) is 42.5 Å². The summed E-state index contributed by atoms with van der Waals surface area (Å²) in [5.41, 5.74) is -0.0164. The number of benzene rings is 2. The maximum atomic E-state index is 13.5. The van der Waals surface area contributed by atoms with Crippen LogP contribution in [0.25, 0.3) is 0 Å². The maximum Gasteiger partial charge on any atom is 0.293 e. The van der Waals surface area contributed by atoms with Crippen LogP contribution in [0.1, 0.15) is 15.9 Å². The number of hydrogen-bond donors (Lipinski definition) is 1. The van der Waals surface area contributed by atoms with E-state index in [1.165, 1.54) is 6.92 Å². The highest BCUT2D eigenvalue weighted by atomic mass is 19.1. The Kier molecular flexibility index (Phi) is 3.74. The predicted molar refractivity (Wildman–Crippen MR) is 72.2 cm³/mol. The highest BCUT2D eigenvalue weighted by Crippen LogP contribution is 2.27. The molecule has 2 aromatic rings. The summed E-state index contributed by atoms with van der Waals surface area (Å²) < 4.78 is 13.5. The van der Waals surface area contributed by atoms with Crippen molar-refractivity contribution in [2.75, 3.05) is 5.32 Å². The van der Waals surface area contributed by atoms with Crippen LogP contribution in [-0.4, -0.2) is 10.8 Å². The van der Waals surface area contributed by atoms with E-state index in [1.54, 1.807) is 30.3 Å². The third-order valence-corrected chi connectivity index (χ3v) is 2.76. The first kappa shape index (κ1) is 13.7. The van der Waals surface area contributed by atoms with Crippen LogP contribution in [0.3, 0.4) is 0 Å². The second-order valence-corrected chi connectivity index (χ2v) is 4.20. The molecule has 0 heterocycles. The van der Waals surface area contributed by atoms with Gasteiger partial charge in [0.25, 0.3) is 11.6 Å². The van der Waals surface area contributed by atoms with Crippen molar-refractivity contribution in [1.82, 2.24) is 0 Å². The summed E-state index contributed by atoms with van der Waals surface area (Å²) in [6.07, 6.45) is 0. The summed E-state index contributed by atoms with van der Waals surface area (Å²) in [6.45, 7) is 1.42. The largest absolute Gasteiger partial charge is 0.316 e. The van der Waals surface area contributed by atoms with Crippen LogP contribution in [0.2, 0.25) is 0 Å². The molecule has 0 aliphatic carbocycles. The molecule has 0 aliphatic heterocycles. The number of nitrogens with zero attached hydrogens (tertiary/aromatic N) is 1. The topological polar surface area (TPSA) is 72.2 Å². The molecule has 2 rings (SSSR count). The molecule has 0 bridgehead atoms. The van der Waals surface area contributed by atoms with Crippen molar-refractivity contribution in [1.29, 1.82) is 0 Å². The van der Waals surface area contributed by atoms with Crippen molar-refractivity contribution in [3.05, 3.63) is 69.5 Å². The van der Waals surface area contributed by atoms with Crippen LogP contribution >= 0.6 is 0 Å². The van der Waals surface area contributed by atoms with Crippen LogP contribution < -0.4 is 5.32 Å². The molecule has 0 saturated heterocycles. The zero-order valence-corrected chi connectivity index (χ0v) is 10.6. The van der Waals surface area contributed by atoms with Gasteiger partial charge >= 0.3 is 0 Å². The fourth-order valence-corrected chi connectivity index (χ4v) is 1.70. The summed E-state index contributed by atoms with van der Waals surface area (Å²) in [4.78, 5) is 22.2. The number of anilines is 1. The molecule has 2 aromatic carbocycles. The number of aryl methyl sites for hydroxylation is 1. The molecule has 0 atom stereocenters. The molecule has 1 N–H and O–H groups in total.